The number of urea groups is 2. The summed E-state index contributed by atoms with van der Waals surface area (Å²) in [5, 5.41) is 3.39. The molecule has 316 valence electrons. The number of hydrogen-bond acceptors (Lipinski definition) is 10. The maximum atomic E-state index is 13.8. The molecule has 2 fully saturated rings. The number of alkyl halides is 1. The number of rotatable bonds is 9. The minimum absolute atomic E-state index is 0.163. The third kappa shape index (κ3) is 15.0. The molecule has 2 aliphatic rings. The van der Waals surface area contributed by atoms with Crippen molar-refractivity contribution in [3.63, 3.8) is 0 Å². The van der Waals surface area contributed by atoms with E-state index in [0.29, 0.717) is 66.3 Å². The van der Waals surface area contributed by atoms with Gasteiger partial charge in [0.2, 0.25) is 0 Å². The van der Waals surface area contributed by atoms with Crippen LogP contribution in [-0.2, 0) is 21.3 Å². The molecule has 0 bridgehead atoms. The van der Waals surface area contributed by atoms with E-state index in [2.05, 4.69) is 41.0 Å². The molecular weight excluding hydrogens is 830 g/mol. The molecule has 2 aromatic heterocycles. The molecule has 2 aliphatic heterocycles. The summed E-state index contributed by atoms with van der Waals surface area (Å²) in [4.78, 5) is 65.7. The zero-order valence-electron chi connectivity index (χ0n) is 33.8. The Bertz CT molecular complexity index is 1960. The van der Waals surface area contributed by atoms with E-state index in [1.807, 2.05) is 14.1 Å². The molecule has 4 amide bonds. The average Bonchev–Trinajstić information content (AvgIpc) is 3.24. The normalized spacial score (nSPS) is 14.2. The van der Waals surface area contributed by atoms with Gasteiger partial charge in [-0.3, -0.25) is 14.9 Å². The molecule has 0 unspecified atom stereocenters. The summed E-state index contributed by atoms with van der Waals surface area (Å²) < 4.78 is 36.5. The smallest absolute Gasteiger partial charge is 0.339 e. The highest BCUT2D eigenvalue weighted by molar-refractivity contribution is 9.08. The zero-order valence-corrected chi connectivity index (χ0v) is 35.4. The van der Waals surface area contributed by atoms with E-state index >= 15 is 0 Å². The summed E-state index contributed by atoms with van der Waals surface area (Å²) in [6.07, 6.45) is 2.95. The van der Waals surface area contributed by atoms with Crippen molar-refractivity contribution in [2.24, 2.45) is 0 Å². The molecule has 59 heavy (non-hydrogen) atoms. The first-order valence-corrected chi connectivity index (χ1v) is 20.3. The number of ether oxygens (including phenoxy) is 2. The number of carbonyl (C=O) groups excluding carboxylic acids is 4. The molecule has 2 aromatic carbocycles. The molecule has 0 radical (unpaired) electrons. The van der Waals surface area contributed by atoms with E-state index in [0.717, 1.165) is 31.9 Å². The lowest BCUT2D eigenvalue weighted by Crippen LogP contribution is -2.52. The zero-order chi connectivity index (χ0) is 42.7. The number of aromatic nitrogens is 2. The van der Waals surface area contributed by atoms with Crippen molar-refractivity contribution in [2.45, 2.75) is 25.7 Å². The van der Waals surface area contributed by atoms with Gasteiger partial charge in [0, 0.05) is 81.5 Å². The fraction of sp³-hybridized carbons (Fsp3) is 0.381. The van der Waals surface area contributed by atoms with Gasteiger partial charge in [-0.05, 0) is 88.6 Å². The third-order valence-corrected chi connectivity index (χ3v) is 9.69. The van der Waals surface area contributed by atoms with Gasteiger partial charge in [0.25, 0.3) is 0 Å². The number of esters is 2. The Labute approximate surface area is 352 Å². The Morgan fingerprint density at radius 3 is 1.68 bits per heavy atom. The van der Waals surface area contributed by atoms with Crippen LogP contribution in [0.1, 0.15) is 46.0 Å². The summed E-state index contributed by atoms with van der Waals surface area (Å²) >= 11 is 3.27. The number of nitrogens with zero attached hydrogens (tertiary/aromatic N) is 7. The number of hydrogen-bond donors (Lipinski definition) is 1. The van der Waals surface area contributed by atoms with Gasteiger partial charge in [0.1, 0.15) is 11.6 Å². The van der Waals surface area contributed by atoms with Crippen molar-refractivity contribution in [1.29, 1.82) is 0 Å². The molecule has 4 heterocycles. The minimum Gasteiger partial charge on any atom is -0.462 e. The molecule has 0 aliphatic carbocycles. The van der Waals surface area contributed by atoms with Crippen LogP contribution in [0.15, 0.2) is 85.2 Å². The molecular formula is C42H51BrF2N8O6. The Kier molecular flexibility index (Phi) is 18.6. The summed E-state index contributed by atoms with van der Waals surface area (Å²) in [6.45, 7) is 10.3. The van der Waals surface area contributed by atoms with Crippen LogP contribution in [0.4, 0.5) is 29.7 Å². The molecule has 0 atom stereocenters. The number of anilines is 2. The number of carbonyl (C=O) groups is 4. The van der Waals surface area contributed by atoms with Gasteiger partial charge in [-0.15, -0.1) is 0 Å². The molecule has 2 saturated heterocycles. The van der Waals surface area contributed by atoms with Crippen molar-refractivity contribution in [3.8, 4) is 0 Å². The van der Waals surface area contributed by atoms with Crippen LogP contribution in [-0.4, -0.2) is 133 Å². The van der Waals surface area contributed by atoms with Gasteiger partial charge in [-0.2, -0.15) is 0 Å². The van der Waals surface area contributed by atoms with Crippen LogP contribution in [0.2, 0.25) is 0 Å². The number of halogens is 3. The van der Waals surface area contributed by atoms with Crippen LogP contribution in [0.3, 0.4) is 0 Å². The van der Waals surface area contributed by atoms with E-state index in [1.165, 1.54) is 41.6 Å². The lowest BCUT2D eigenvalue weighted by molar-refractivity contribution is 0.0516. The highest BCUT2D eigenvalue weighted by atomic mass is 79.9. The molecule has 14 nitrogen and oxygen atoms in total. The van der Waals surface area contributed by atoms with Crippen LogP contribution in [0, 0.1) is 11.6 Å². The topological polar surface area (TPSA) is 141 Å². The maximum Gasteiger partial charge on any atom is 0.339 e. The minimum atomic E-state index is -0.443. The first kappa shape index (κ1) is 46.2. The number of likely N-dealkylation sites (N-methyl/N-ethyl adjacent to an activating group) is 2. The fourth-order valence-electron chi connectivity index (χ4n) is 5.71. The van der Waals surface area contributed by atoms with Gasteiger partial charge >= 0.3 is 24.0 Å². The van der Waals surface area contributed by atoms with Crippen LogP contribution in [0.25, 0.3) is 0 Å². The standard InChI is InChI=1S/C21H25FN4O3.C12H16FN3O.C9H10BrNO2/c1-3-29-20(27)16-7-8-18(23-14-16)15-26(19-6-4-5-17(22)13-19)21(28)25-11-9-24(2)10-12-25;1-15-5-7-16(8-6-15)12(17)14-11-4-2-3-10(13)9-11;1-2-13-9(12)7-3-4-8(5-10)11-6-7/h4-8,13-14H,3,9-12,15H2,1-2H3;2-4,9H,5-8H2,1H3,(H,14,17);3-4,6H,2,5H2,1H3. The second-order valence-electron chi connectivity index (χ2n) is 13.5. The van der Waals surface area contributed by atoms with Gasteiger partial charge in [-0.25, -0.2) is 28.0 Å². The lowest BCUT2D eigenvalue weighted by Gasteiger charge is -2.36. The van der Waals surface area contributed by atoms with Gasteiger partial charge < -0.3 is 34.4 Å². The van der Waals surface area contributed by atoms with E-state index in [-0.39, 0.29) is 37.0 Å². The predicted octanol–water partition coefficient (Wildman–Crippen LogP) is 6.53. The third-order valence-electron chi connectivity index (χ3n) is 9.12. The second kappa shape index (κ2) is 23.8. The molecule has 4 aromatic rings. The van der Waals surface area contributed by atoms with E-state index in [1.54, 1.807) is 72.2 Å². The van der Waals surface area contributed by atoms with E-state index < -0.39 is 11.8 Å². The lowest BCUT2D eigenvalue weighted by atomic mass is 10.2. The van der Waals surface area contributed by atoms with E-state index in [9.17, 15) is 28.0 Å². The first-order chi connectivity index (χ1) is 28.4. The van der Waals surface area contributed by atoms with Crippen molar-refractivity contribution in [3.05, 3.63) is 119 Å². The molecule has 17 heteroatoms. The largest absolute Gasteiger partial charge is 0.462 e. The number of benzene rings is 2. The highest BCUT2D eigenvalue weighted by Crippen LogP contribution is 2.21. The molecule has 0 saturated carbocycles. The Morgan fingerprint density at radius 2 is 1.20 bits per heavy atom. The summed E-state index contributed by atoms with van der Waals surface area (Å²) in [5.41, 5.74) is 3.28. The van der Waals surface area contributed by atoms with Gasteiger partial charge in [0.15, 0.2) is 0 Å². The monoisotopic (exact) mass is 880 g/mol. The van der Waals surface area contributed by atoms with Crippen LogP contribution >= 0.6 is 15.9 Å². The van der Waals surface area contributed by atoms with Crippen molar-refractivity contribution in [1.82, 2.24) is 29.6 Å². The SMILES string of the molecule is CCOC(=O)c1ccc(CBr)nc1.CCOC(=O)c1ccc(CN(C(=O)N2CCN(C)CC2)c2cccc(F)c2)nc1.CN1CCN(C(=O)Nc2cccc(F)c2)CC1. The molecule has 1 N–H and O–H groups in total. The number of pyridine rings is 2. The summed E-state index contributed by atoms with van der Waals surface area (Å²) in [5.74, 6) is -1.52. The Hall–Kier alpha value is -5.52. The van der Waals surface area contributed by atoms with Crippen molar-refractivity contribution >= 4 is 51.3 Å². The fourth-order valence-corrected chi connectivity index (χ4v) is 6.05. The summed E-state index contributed by atoms with van der Waals surface area (Å²) in [6, 6.07) is 18.3. The number of amides is 4. The Balaban J connectivity index is 0.000000216. The van der Waals surface area contributed by atoms with Gasteiger partial charge in [0.05, 0.1) is 42.3 Å². The predicted molar refractivity (Wildman–Crippen MR) is 225 cm³/mol. The number of piperazine rings is 2. The first-order valence-electron chi connectivity index (χ1n) is 19.2. The molecule has 0 spiro atoms. The highest BCUT2D eigenvalue weighted by Gasteiger charge is 2.26. The molecule has 6 rings (SSSR count). The average molecular weight is 882 g/mol. The van der Waals surface area contributed by atoms with Crippen molar-refractivity contribution in [2.75, 3.05) is 89.9 Å². The van der Waals surface area contributed by atoms with Gasteiger partial charge in [-0.1, -0.05) is 28.1 Å². The van der Waals surface area contributed by atoms with E-state index in [4.69, 9.17) is 9.47 Å². The maximum absolute atomic E-state index is 13.8. The van der Waals surface area contributed by atoms with Crippen LogP contribution in [0.5, 0.6) is 0 Å². The Morgan fingerprint density at radius 1 is 0.695 bits per heavy atom. The van der Waals surface area contributed by atoms with Crippen molar-refractivity contribution < 1.29 is 37.4 Å². The summed E-state index contributed by atoms with van der Waals surface area (Å²) in [7, 11) is 4.04. The number of nitrogens with one attached hydrogen (secondary N) is 1. The van der Waals surface area contributed by atoms with Crippen LogP contribution < -0.4 is 10.2 Å². The second-order valence-corrected chi connectivity index (χ2v) is 14.1. The quantitative estimate of drug-likeness (QED) is 0.146.